The summed E-state index contributed by atoms with van der Waals surface area (Å²) >= 11 is 12.3. The highest BCUT2D eigenvalue weighted by molar-refractivity contribution is 6.40. The highest BCUT2D eigenvalue weighted by Crippen LogP contribution is 2.33. The second-order valence-electron chi connectivity index (χ2n) is 12.2. The molecular weight excluding hydrogens is 663 g/mol. The summed E-state index contributed by atoms with van der Waals surface area (Å²) in [7, 11) is 0. The van der Waals surface area contributed by atoms with Gasteiger partial charge in [0.05, 0.1) is 38.6 Å². The number of hydrogen-bond acceptors (Lipinski definition) is 9. The standard InChI is InChI=1S/C32H30Cl2N8O6/c33-21-2-1-3-22(34)26(21)29(45)37-23-13-35-39-27(23)30(46)36-16-8-10-40(11-9-16)18-14-41(15-18)17-4-5-19-20(12-17)32(48)42(31(19)47)24-6-7-25(43)38-28(24)44/h1-5,12-13,16,18,24H,6-11,14-15H2,(H,35,39)(H,36,46)(H,37,45)(H,38,43,44). The Balaban J connectivity index is 0.904. The van der Waals surface area contributed by atoms with Crippen LogP contribution in [0.2, 0.25) is 10.0 Å². The van der Waals surface area contributed by atoms with Crippen LogP contribution in [0.5, 0.6) is 0 Å². The number of carbonyl (C=O) groups is 6. The van der Waals surface area contributed by atoms with Crippen molar-refractivity contribution in [1.82, 2.24) is 30.6 Å². The number of imide groups is 2. The summed E-state index contributed by atoms with van der Waals surface area (Å²) in [6.07, 6.45) is 3.00. The number of carbonyl (C=O) groups excluding carboxylic acids is 6. The average Bonchev–Trinajstić information content (AvgIpc) is 3.59. The van der Waals surface area contributed by atoms with Crippen molar-refractivity contribution in [3.8, 4) is 0 Å². The first-order chi connectivity index (χ1) is 23.1. The molecule has 14 nitrogen and oxygen atoms in total. The summed E-state index contributed by atoms with van der Waals surface area (Å²) in [5.74, 6) is -3.04. The molecule has 0 radical (unpaired) electrons. The van der Waals surface area contributed by atoms with Crippen LogP contribution in [0.15, 0.2) is 42.6 Å². The molecule has 4 aliphatic heterocycles. The van der Waals surface area contributed by atoms with Gasteiger partial charge >= 0.3 is 0 Å². The van der Waals surface area contributed by atoms with E-state index in [1.807, 2.05) is 6.07 Å². The van der Waals surface area contributed by atoms with Crippen molar-refractivity contribution in [2.75, 3.05) is 36.4 Å². The number of benzene rings is 2. The van der Waals surface area contributed by atoms with Crippen LogP contribution >= 0.6 is 23.2 Å². The lowest BCUT2D eigenvalue weighted by Gasteiger charge is -2.48. The molecule has 16 heteroatoms. The molecule has 7 rings (SSSR count). The minimum atomic E-state index is -0.999. The topological polar surface area (TPSA) is 177 Å². The predicted molar refractivity (Wildman–Crippen MR) is 174 cm³/mol. The molecule has 1 unspecified atom stereocenters. The van der Waals surface area contributed by atoms with Crippen LogP contribution in [0.3, 0.4) is 0 Å². The number of anilines is 2. The van der Waals surface area contributed by atoms with Gasteiger partial charge in [0.25, 0.3) is 23.6 Å². The Kier molecular flexibility index (Phi) is 8.39. The fraction of sp³-hybridized carbons (Fsp3) is 0.344. The molecule has 6 amide bonds. The van der Waals surface area contributed by atoms with E-state index in [0.717, 1.165) is 49.6 Å². The number of H-pyrrole nitrogens is 1. The zero-order valence-corrected chi connectivity index (χ0v) is 26.9. The number of likely N-dealkylation sites (tertiary alicyclic amines) is 1. The number of halogens is 2. The lowest BCUT2D eigenvalue weighted by atomic mass is 9.98. The molecule has 3 saturated heterocycles. The van der Waals surface area contributed by atoms with Crippen LogP contribution in [0, 0.1) is 0 Å². The molecule has 0 saturated carbocycles. The van der Waals surface area contributed by atoms with Crippen molar-refractivity contribution >= 4 is 70.0 Å². The average molecular weight is 694 g/mol. The van der Waals surface area contributed by atoms with Gasteiger partial charge in [0.2, 0.25) is 11.8 Å². The van der Waals surface area contributed by atoms with Crippen LogP contribution in [0.25, 0.3) is 0 Å². The monoisotopic (exact) mass is 692 g/mol. The van der Waals surface area contributed by atoms with Gasteiger partial charge in [-0.25, -0.2) is 0 Å². The number of nitrogens with zero attached hydrogens (tertiary/aromatic N) is 4. The van der Waals surface area contributed by atoms with E-state index < -0.39 is 35.6 Å². The highest BCUT2D eigenvalue weighted by Gasteiger charge is 2.45. The Morgan fingerprint density at radius 1 is 0.896 bits per heavy atom. The molecule has 1 atom stereocenters. The van der Waals surface area contributed by atoms with Gasteiger partial charge in [-0.3, -0.25) is 49.0 Å². The molecule has 0 aliphatic carbocycles. The fourth-order valence-electron chi connectivity index (χ4n) is 6.67. The Bertz CT molecular complexity index is 1850. The number of aromatic nitrogens is 2. The minimum Gasteiger partial charge on any atom is -0.368 e. The number of aromatic amines is 1. The largest absolute Gasteiger partial charge is 0.368 e. The van der Waals surface area contributed by atoms with Crippen molar-refractivity contribution in [3.63, 3.8) is 0 Å². The quantitative estimate of drug-likeness (QED) is 0.271. The van der Waals surface area contributed by atoms with Crippen molar-refractivity contribution in [3.05, 3.63) is 75.0 Å². The zero-order chi connectivity index (χ0) is 33.7. The summed E-state index contributed by atoms with van der Waals surface area (Å²) in [5.41, 5.74) is 1.77. The van der Waals surface area contributed by atoms with Gasteiger partial charge in [-0.2, -0.15) is 5.10 Å². The minimum absolute atomic E-state index is 0.0673. The van der Waals surface area contributed by atoms with Crippen molar-refractivity contribution in [1.29, 1.82) is 0 Å². The van der Waals surface area contributed by atoms with Crippen LogP contribution in [-0.2, 0) is 9.59 Å². The normalized spacial score (nSPS) is 20.4. The van der Waals surface area contributed by atoms with Crippen molar-refractivity contribution < 1.29 is 28.8 Å². The number of fused-ring (bicyclic) bond motifs is 1. The van der Waals surface area contributed by atoms with Gasteiger partial charge in [0.1, 0.15) is 11.7 Å². The molecular formula is C32H30Cl2N8O6. The lowest BCUT2D eigenvalue weighted by Crippen LogP contribution is -2.62. The van der Waals surface area contributed by atoms with Gasteiger partial charge in [0, 0.05) is 50.4 Å². The summed E-state index contributed by atoms with van der Waals surface area (Å²) in [5, 5.41) is 14.9. The first-order valence-corrected chi connectivity index (χ1v) is 16.3. The lowest BCUT2D eigenvalue weighted by molar-refractivity contribution is -0.136. The molecule has 248 valence electrons. The molecule has 4 aliphatic rings. The Labute approximate surface area is 284 Å². The zero-order valence-electron chi connectivity index (χ0n) is 25.4. The van der Waals surface area contributed by atoms with Crippen LogP contribution < -0.4 is 20.9 Å². The summed E-state index contributed by atoms with van der Waals surface area (Å²) in [6.45, 7) is 3.03. The molecule has 0 bridgehead atoms. The Morgan fingerprint density at radius 3 is 2.31 bits per heavy atom. The summed E-state index contributed by atoms with van der Waals surface area (Å²) in [4.78, 5) is 81.5. The Morgan fingerprint density at radius 2 is 1.60 bits per heavy atom. The third kappa shape index (κ3) is 5.80. The fourth-order valence-corrected chi connectivity index (χ4v) is 7.24. The van der Waals surface area contributed by atoms with E-state index in [9.17, 15) is 28.8 Å². The molecule has 1 aromatic heterocycles. The number of hydrogen-bond donors (Lipinski definition) is 4. The van der Waals surface area contributed by atoms with Crippen LogP contribution in [-0.4, -0.2) is 99.7 Å². The second kappa shape index (κ2) is 12.7. The number of nitrogens with one attached hydrogen (secondary N) is 4. The third-order valence-corrected chi connectivity index (χ3v) is 9.97. The molecule has 2 aromatic carbocycles. The maximum Gasteiger partial charge on any atom is 0.271 e. The highest BCUT2D eigenvalue weighted by atomic mass is 35.5. The van der Waals surface area contributed by atoms with E-state index in [-0.39, 0.29) is 62.9 Å². The number of piperidine rings is 2. The molecule has 3 aromatic rings. The van der Waals surface area contributed by atoms with Crippen molar-refractivity contribution in [2.45, 2.75) is 43.8 Å². The second-order valence-corrected chi connectivity index (χ2v) is 13.0. The van der Waals surface area contributed by atoms with E-state index in [4.69, 9.17) is 23.2 Å². The smallest absolute Gasteiger partial charge is 0.271 e. The molecule has 3 fully saturated rings. The van der Waals surface area contributed by atoms with Gasteiger partial charge in [-0.15, -0.1) is 0 Å². The van der Waals surface area contributed by atoms with Gasteiger partial charge in [-0.05, 0) is 49.6 Å². The van der Waals surface area contributed by atoms with Gasteiger partial charge in [0.15, 0.2) is 0 Å². The molecule has 0 spiro atoms. The van der Waals surface area contributed by atoms with Crippen molar-refractivity contribution in [2.24, 2.45) is 0 Å². The SMILES string of the molecule is O=C1CCC(N2C(=O)c3ccc(N4CC(N5CCC(NC(=O)c6[nH]ncc6NC(=O)c6c(Cl)cccc6Cl)CC5)C4)cc3C2=O)C(=O)N1. The maximum atomic E-state index is 13.2. The van der Waals surface area contributed by atoms with Crippen LogP contribution in [0.1, 0.15) is 67.2 Å². The van der Waals surface area contributed by atoms with E-state index in [2.05, 4.69) is 35.9 Å². The van der Waals surface area contributed by atoms with E-state index >= 15 is 0 Å². The predicted octanol–water partition coefficient (Wildman–Crippen LogP) is 2.45. The third-order valence-electron chi connectivity index (χ3n) is 9.34. The molecule has 48 heavy (non-hydrogen) atoms. The number of rotatable bonds is 7. The van der Waals surface area contributed by atoms with E-state index in [0.29, 0.717) is 6.04 Å². The van der Waals surface area contributed by atoms with E-state index in [1.165, 1.54) is 6.20 Å². The first kappa shape index (κ1) is 31.8. The van der Waals surface area contributed by atoms with Crippen LogP contribution in [0.4, 0.5) is 11.4 Å². The van der Waals surface area contributed by atoms with E-state index in [1.54, 1.807) is 30.3 Å². The summed E-state index contributed by atoms with van der Waals surface area (Å²) in [6, 6.07) is 9.10. The molecule has 4 N–H and O–H groups in total. The van der Waals surface area contributed by atoms with Gasteiger partial charge in [-0.1, -0.05) is 29.3 Å². The van der Waals surface area contributed by atoms with Gasteiger partial charge < -0.3 is 15.5 Å². The Hall–Kier alpha value is -4.79. The first-order valence-electron chi connectivity index (χ1n) is 15.5. The summed E-state index contributed by atoms with van der Waals surface area (Å²) < 4.78 is 0. The molecule has 5 heterocycles. The number of amides is 6. The maximum absolute atomic E-state index is 13.2.